The molecule has 0 bridgehead atoms. The van der Waals surface area contributed by atoms with Gasteiger partial charge in [-0.25, -0.2) is 0 Å². The summed E-state index contributed by atoms with van der Waals surface area (Å²) >= 11 is 0. The van der Waals surface area contributed by atoms with E-state index in [9.17, 15) is 0 Å². The van der Waals surface area contributed by atoms with Crippen LogP contribution in [0.2, 0.25) is 0 Å². The summed E-state index contributed by atoms with van der Waals surface area (Å²) in [6.07, 6.45) is 3.66. The number of benzene rings is 2. The Hall–Kier alpha value is -1.38. The molecule has 2 aromatic carbocycles. The first-order valence-corrected chi connectivity index (χ1v) is 8.13. The molecule has 1 aliphatic heterocycles. The molecule has 1 fully saturated rings. The zero-order valence-electron chi connectivity index (χ0n) is 13.2. The van der Waals surface area contributed by atoms with Crippen molar-refractivity contribution in [3.05, 3.63) is 48.0 Å². The van der Waals surface area contributed by atoms with Gasteiger partial charge in [0.1, 0.15) is 0 Å². The summed E-state index contributed by atoms with van der Waals surface area (Å²) in [5.74, 6) is 0. The Bertz CT molecular complexity index is 585. The smallest absolute Gasteiger partial charge is 0.00940 e. The lowest BCUT2D eigenvalue weighted by molar-refractivity contribution is 0.226. The third-order valence-electron chi connectivity index (χ3n) is 4.59. The lowest BCUT2D eigenvalue weighted by atomic mass is 10.00. The quantitative estimate of drug-likeness (QED) is 0.924. The summed E-state index contributed by atoms with van der Waals surface area (Å²) in [6.45, 7) is 4.76. The molecule has 2 aromatic rings. The van der Waals surface area contributed by atoms with Gasteiger partial charge in [0.15, 0.2) is 0 Å². The van der Waals surface area contributed by atoms with Crippen molar-refractivity contribution in [3.63, 3.8) is 0 Å². The van der Waals surface area contributed by atoms with E-state index in [0.29, 0.717) is 12.1 Å². The first-order valence-electron chi connectivity index (χ1n) is 8.13. The second kappa shape index (κ2) is 6.59. The molecule has 0 amide bonds. The van der Waals surface area contributed by atoms with Crippen LogP contribution in [0.3, 0.4) is 0 Å². The van der Waals surface area contributed by atoms with E-state index in [-0.39, 0.29) is 0 Å². The largest absolute Gasteiger partial charge is 0.311 e. The van der Waals surface area contributed by atoms with Crippen LogP contribution in [0.5, 0.6) is 0 Å². The predicted octanol–water partition coefficient (Wildman–Crippen LogP) is 3.45. The van der Waals surface area contributed by atoms with E-state index < -0.39 is 0 Å². The number of nitrogens with zero attached hydrogens (tertiary/aromatic N) is 1. The number of likely N-dealkylation sites (tertiary alicyclic amines) is 1. The lowest BCUT2D eigenvalue weighted by Crippen LogP contribution is -2.44. The predicted molar refractivity (Wildman–Crippen MR) is 90.8 cm³/mol. The molecule has 2 heteroatoms. The SMILES string of the molecule is C[C@@H](Cc1ccc2ccccc2c1)NC1CCN(C)CC1. The molecule has 0 aromatic heterocycles. The highest BCUT2D eigenvalue weighted by molar-refractivity contribution is 5.82. The van der Waals surface area contributed by atoms with E-state index in [1.165, 1.54) is 42.3 Å². The van der Waals surface area contributed by atoms with Crippen LogP contribution in [0.4, 0.5) is 0 Å². The molecule has 0 unspecified atom stereocenters. The molecule has 3 rings (SSSR count). The van der Waals surface area contributed by atoms with Crippen molar-refractivity contribution in [1.29, 1.82) is 0 Å². The fourth-order valence-corrected chi connectivity index (χ4v) is 3.36. The van der Waals surface area contributed by atoms with E-state index in [0.717, 1.165) is 6.42 Å². The number of nitrogens with one attached hydrogen (secondary N) is 1. The zero-order valence-corrected chi connectivity index (χ0v) is 13.2. The maximum absolute atomic E-state index is 3.81. The molecule has 0 radical (unpaired) electrons. The Morgan fingerprint density at radius 1 is 1.10 bits per heavy atom. The highest BCUT2D eigenvalue weighted by Crippen LogP contribution is 2.17. The molecule has 1 aliphatic rings. The van der Waals surface area contributed by atoms with Gasteiger partial charge in [-0.05, 0) is 62.7 Å². The van der Waals surface area contributed by atoms with Crippen LogP contribution in [0.1, 0.15) is 25.3 Å². The summed E-state index contributed by atoms with van der Waals surface area (Å²) in [5.41, 5.74) is 1.43. The monoisotopic (exact) mass is 282 g/mol. The molecule has 2 nitrogen and oxygen atoms in total. The van der Waals surface area contributed by atoms with Gasteiger partial charge in [-0.2, -0.15) is 0 Å². The molecule has 0 aliphatic carbocycles. The van der Waals surface area contributed by atoms with E-state index in [1.54, 1.807) is 0 Å². The molecule has 21 heavy (non-hydrogen) atoms. The Balaban J connectivity index is 1.59. The van der Waals surface area contributed by atoms with E-state index in [4.69, 9.17) is 0 Å². The van der Waals surface area contributed by atoms with Crippen molar-refractivity contribution < 1.29 is 0 Å². The topological polar surface area (TPSA) is 15.3 Å². The van der Waals surface area contributed by atoms with Crippen LogP contribution in [0.25, 0.3) is 10.8 Å². The number of hydrogen-bond donors (Lipinski definition) is 1. The molecule has 1 atom stereocenters. The molecule has 0 saturated carbocycles. The summed E-state index contributed by atoms with van der Waals surface area (Å²) < 4.78 is 0. The maximum Gasteiger partial charge on any atom is 0.00940 e. The normalized spacial score (nSPS) is 19.0. The fraction of sp³-hybridized carbons (Fsp3) is 0.474. The molecule has 1 N–H and O–H groups in total. The molecule has 1 heterocycles. The van der Waals surface area contributed by atoms with Gasteiger partial charge in [-0.3, -0.25) is 0 Å². The van der Waals surface area contributed by atoms with Crippen molar-refractivity contribution in [2.24, 2.45) is 0 Å². The number of piperidine rings is 1. The second-order valence-corrected chi connectivity index (χ2v) is 6.53. The average Bonchev–Trinajstić information content (AvgIpc) is 2.49. The average molecular weight is 282 g/mol. The van der Waals surface area contributed by atoms with Gasteiger partial charge in [0.2, 0.25) is 0 Å². The van der Waals surface area contributed by atoms with Gasteiger partial charge in [0.25, 0.3) is 0 Å². The van der Waals surface area contributed by atoms with Gasteiger partial charge >= 0.3 is 0 Å². The van der Waals surface area contributed by atoms with Crippen LogP contribution in [0, 0.1) is 0 Å². The van der Waals surface area contributed by atoms with Crippen LogP contribution in [-0.4, -0.2) is 37.1 Å². The Labute approximate surface area is 128 Å². The standard InChI is InChI=1S/C19H26N2/c1-15(20-19-9-11-21(2)12-10-19)13-16-7-8-17-5-3-4-6-18(17)14-16/h3-8,14-15,19-20H,9-13H2,1-2H3/t15-/m0/s1. The van der Waals surface area contributed by atoms with Crippen LogP contribution in [-0.2, 0) is 6.42 Å². The minimum Gasteiger partial charge on any atom is -0.311 e. The minimum atomic E-state index is 0.541. The highest BCUT2D eigenvalue weighted by atomic mass is 15.1. The van der Waals surface area contributed by atoms with E-state index in [2.05, 4.69) is 66.7 Å². The van der Waals surface area contributed by atoms with E-state index >= 15 is 0 Å². The summed E-state index contributed by atoms with van der Waals surface area (Å²) in [5, 5.41) is 6.49. The molecule has 0 spiro atoms. The zero-order chi connectivity index (χ0) is 14.7. The maximum atomic E-state index is 3.81. The molecule has 112 valence electrons. The van der Waals surface area contributed by atoms with Gasteiger partial charge < -0.3 is 10.2 Å². The van der Waals surface area contributed by atoms with Crippen molar-refractivity contribution in [3.8, 4) is 0 Å². The molecule has 1 saturated heterocycles. The Morgan fingerprint density at radius 3 is 2.57 bits per heavy atom. The Kier molecular flexibility index (Phi) is 4.57. The third-order valence-corrected chi connectivity index (χ3v) is 4.59. The van der Waals surface area contributed by atoms with Crippen molar-refractivity contribution >= 4 is 10.8 Å². The van der Waals surface area contributed by atoms with Crippen molar-refractivity contribution in [2.45, 2.75) is 38.3 Å². The first-order chi connectivity index (χ1) is 10.2. The van der Waals surface area contributed by atoms with E-state index in [1.807, 2.05) is 0 Å². The number of fused-ring (bicyclic) bond motifs is 1. The minimum absolute atomic E-state index is 0.541. The molecular formula is C19H26N2. The second-order valence-electron chi connectivity index (χ2n) is 6.53. The number of rotatable bonds is 4. The summed E-state index contributed by atoms with van der Waals surface area (Å²) in [7, 11) is 2.22. The van der Waals surface area contributed by atoms with Crippen molar-refractivity contribution in [2.75, 3.05) is 20.1 Å². The van der Waals surface area contributed by atoms with Crippen LogP contribution >= 0.6 is 0 Å². The van der Waals surface area contributed by atoms with Crippen molar-refractivity contribution in [1.82, 2.24) is 10.2 Å². The van der Waals surface area contributed by atoms with Gasteiger partial charge in [0, 0.05) is 12.1 Å². The third kappa shape index (κ3) is 3.84. The summed E-state index contributed by atoms with van der Waals surface area (Å²) in [4.78, 5) is 2.42. The fourth-order valence-electron chi connectivity index (χ4n) is 3.36. The first kappa shape index (κ1) is 14.6. The summed E-state index contributed by atoms with van der Waals surface area (Å²) in [6, 6.07) is 16.7. The Morgan fingerprint density at radius 2 is 1.81 bits per heavy atom. The van der Waals surface area contributed by atoms with Crippen LogP contribution < -0.4 is 5.32 Å². The highest BCUT2D eigenvalue weighted by Gasteiger charge is 2.18. The molecular weight excluding hydrogens is 256 g/mol. The van der Waals surface area contributed by atoms with Gasteiger partial charge in [-0.15, -0.1) is 0 Å². The lowest BCUT2D eigenvalue weighted by Gasteiger charge is -2.31. The van der Waals surface area contributed by atoms with Gasteiger partial charge in [0.05, 0.1) is 0 Å². The van der Waals surface area contributed by atoms with Gasteiger partial charge in [-0.1, -0.05) is 42.5 Å². The van der Waals surface area contributed by atoms with Crippen LogP contribution in [0.15, 0.2) is 42.5 Å². The number of hydrogen-bond acceptors (Lipinski definition) is 2.